The molecule has 2 aromatic heterocycles. The number of hydrogen-bond donors (Lipinski definition) is 1. The summed E-state index contributed by atoms with van der Waals surface area (Å²) in [5, 5.41) is 12.2. The maximum absolute atomic E-state index is 13.3. The van der Waals surface area contributed by atoms with Gasteiger partial charge in [0, 0.05) is 24.7 Å². The fraction of sp³-hybridized carbons (Fsp3) is 0.150. The number of halogens is 2. The van der Waals surface area contributed by atoms with E-state index in [1.165, 1.54) is 6.07 Å². The minimum Gasteiger partial charge on any atom is -0.309 e. The predicted octanol–water partition coefficient (Wildman–Crippen LogP) is 3.28. The zero-order valence-corrected chi connectivity index (χ0v) is 15.1. The highest BCUT2D eigenvalue weighted by Gasteiger charge is 2.09. The quantitative estimate of drug-likeness (QED) is 0.577. The van der Waals surface area contributed by atoms with Crippen molar-refractivity contribution in [2.45, 2.75) is 13.0 Å². The van der Waals surface area contributed by atoms with Crippen LogP contribution >= 0.6 is 0 Å². The zero-order valence-electron chi connectivity index (χ0n) is 15.1. The number of carbonyl (C=O) groups is 1. The number of nitrogens with one attached hydrogen (secondary N) is 1. The molecule has 2 heterocycles. The predicted molar refractivity (Wildman–Crippen MR) is 101 cm³/mol. The molecule has 0 radical (unpaired) electrons. The van der Waals surface area contributed by atoms with E-state index >= 15 is 0 Å². The summed E-state index contributed by atoms with van der Waals surface area (Å²) in [6.07, 6.45) is 3.65. The first-order chi connectivity index (χ1) is 13.5. The lowest BCUT2D eigenvalue weighted by Crippen LogP contribution is -2.15. The zero-order chi connectivity index (χ0) is 19.7. The second kappa shape index (κ2) is 7.22. The first kappa shape index (κ1) is 17.8. The SMILES string of the molecule is Cn1ncc2ccc(CC(=O)Nc3ccn(Cc4ccc(F)c(F)c4)n3)cc21. The van der Waals surface area contributed by atoms with Crippen LogP contribution in [0.3, 0.4) is 0 Å². The lowest BCUT2D eigenvalue weighted by Gasteiger charge is -2.05. The van der Waals surface area contributed by atoms with Crippen LogP contribution in [0.15, 0.2) is 54.9 Å². The van der Waals surface area contributed by atoms with Gasteiger partial charge in [0.15, 0.2) is 17.5 Å². The van der Waals surface area contributed by atoms with Crippen LogP contribution in [0.4, 0.5) is 14.6 Å². The van der Waals surface area contributed by atoms with Gasteiger partial charge in [-0.05, 0) is 29.3 Å². The smallest absolute Gasteiger partial charge is 0.229 e. The van der Waals surface area contributed by atoms with Crippen molar-refractivity contribution in [3.63, 3.8) is 0 Å². The third-order valence-electron chi connectivity index (χ3n) is 4.41. The van der Waals surface area contributed by atoms with Gasteiger partial charge >= 0.3 is 0 Å². The van der Waals surface area contributed by atoms with Crippen LogP contribution in [0.25, 0.3) is 10.9 Å². The van der Waals surface area contributed by atoms with Crippen LogP contribution in [-0.4, -0.2) is 25.5 Å². The number of aromatic nitrogens is 4. The number of nitrogens with zero attached hydrogens (tertiary/aromatic N) is 4. The molecule has 28 heavy (non-hydrogen) atoms. The summed E-state index contributed by atoms with van der Waals surface area (Å²) in [6, 6.07) is 11.1. The van der Waals surface area contributed by atoms with Crippen molar-refractivity contribution in [1.29, 1.82) is 0 Å². The minimum absolute atomic E-state index is 0.195. The van der Waals surface area contributed by atoms with Gasteiger partial charge in [-0.25, -0.2) is 8.78 Å². The molecular weight excluding hydrogens is 364 g/mol. The van der Waals surface area contributed by atoms with Crippen LogP contribution < -0.4 is 5.32 Å². The topological polar surface area (TPSA) is 64.7 Å². The summed E-state index contributed by atoms with van der Waals surface area (Å²) in [5.41, 5.74) is 2.40. The lowest BCUT2D eigenvalue weighted by atomic mass is 10.1. The van der Waals surface area contributed by atoms with Gasteiger partial charge in [0.05, 0.1) is 24.7 Å². The van der Waals surface area contributed by atoms with Gasteiger partial charge in [0.2, 0.25) is 5.91 Å². The summed E-state index contributed by atoms with van der Waals surface area (Å²) in [5.74, 6) is -1.58. The van der Waals surface area contributed by atoms with Crippen molar-refractivity contribution in [3.8, 4) is 0 Å². The minimum atomic E-state index is -0.899. The van der Waals surface area contributed by atoms with Crippen molar-refractivity contribution in [2.24, 2.45) is 7.05 Å². The van der Waals surface area contributed by atoms with Crippen LogP contribution in [-0.2, 0) is 24.8 Å². The Labute approximate surface area is 159 Å². The molecule has 0 aliphatic carbocycles. The molecule has 1 amide bonds. The van der Waals surface area contributed by atoms with E-state index in [1.54, 1.807) is 27.8 Å². The van der Waals surface area contributed by atoms with Crippen LogP contribution in [0.5, 0.6) is 0 Å². The van der Waals surface area contributed by atoms with Crippen molar-refractivity contribution >= 4 is 22.6 Å². The lowest BCUT2D eigenvalue weighted by molar-refractivity contribution is -0.115. The molecule has 0 saturated heterocycles. The van der Waals surface area contributed by atoms with Gasteiger partial charge in [0.25, 0.3) is 0 Å². The molecule has 4 rings (SSSR count). The molecular formula is C20H17F2N5O. The third kappa shape index (κ3) is 3.75. The van der Waals surface area contributed by atoms with E-state index in [0.717, 1.165) is 28.6 Å². The molecule has 0 fully saturated rings. The highest BCUT2D eigenvalue weighted by atomic mass is 19.2. The number of carbonyl (C=O) groups excluding carboxylic acids is 1. The number of aryl methyl sites for hydroxylation is 1. The van der Waals surface area contributed by atoms with Gasteiger partial charge in [-0.15, -0.1) is 0 Å². The summed E-state index contributed by atoms with van der Waals surface area (Å²) in [7, 11) is 1.85. The van der Waals surface area contributed by atoms with Crippen LogP contribution in [0.2, 0.25) is 0 Å². The molecule has 0 unspecified atom stereocenters. The fourth-order valence-electron chi connectivity index (χ4n) is 3.01. The Morgan fingerprint density at radius 2 is 1.89 bits per heavy atom. The monoisotopic (exact) mass is 381 g/mol. The molecule has 0 aliphatic rings. The molecule has 0 atom stereocenters. The van der Waals surface area contributed by atoms with Crippen molar-refractivity contribution < 1.29 is 13.6 Å². The molecule has 0 bridgehead atoms. The van der Waals surface area contributed by atoms with Gasteiger partial charge in [-0.3, -0.25) is 14.2 Å². The Morgan fingerprint density at radius 1 is 1.07 bits per heavy atom. The Balaban J connectivity index is 1.40. The number of benzene rings is 2. The molecule has 0 saturated carbocycles. The first-order valence-corrected chi connectivity index (χ1v) is 8.66. The second-order valence-electron chi connectivity index (χ2n) is 6.53. The van der Waals surface area contributed by atoms with Crippen molar-refractivity contribution in [3.05, 3.63) is 77.6 Å². The molecule has 4 aromatic rings. The number of hydrogen-bond acceptors (Lipinski definition) is 3. The highest BCUT2D eigenvalue weighted by Crippen LogP contribution is 2.16. The molecule has 142 valence electrons. The summed E-state index contributed by atoms with van der Waals surface area (Å²) in [4.78, 5) is 12.3. The van der Waals surface area contributed by atoms with E-state index in [1.807, 2.05) is 25.2 Å². The van der Waals surface area contributed by atoms with E-state index in [4.69, 9.17) is 0 Å². The van der Waals surface area contributed by atoms with E-state index in [0.29, 0.717) is 11.4 Å². The molecule has 0 aliphatic heterocycles. The van der Waals surface area contributed by atoms with Crippen molar-refractivity contribution in [2.75, 3.05) is 5.32 Å². The third-order valence-corrected chi connectivity index (χ3v) is 4.41. The molecule has 2 aromatic carbocycles. The summed E-state index contributed by atoms with van der Waals surface area (Å²) >= 11 is 0. The molecule has 6 nitrogen and oxygen atoms in total. The Bertz CT molecular complexity index is 1160. The largest absolute Gasteiger partial charge is 0.309 e. The van der Waals surface area contributed by atoms with Gasteiger partial charge < -0.3 is 5.32 Å². The summed E-state index contributed by atoms with van der Waals surface area (Å²) in [6.45, 7) is 0.268. The standard InChI is InChI=1S/C20H17F2N5O/c1-26-18-9-13(2-4-15(18)11-23-26)10-20(28)24-19-6-7-27(25-19)12-14-3-5-16(21)17(22)8-14/h2-9,11H,10,12H2,1H3,(H,24,25,28). The van der Waals surface area contributed by atoms with E-state index in [-0.39, 0.29) is 18.9 Å². The second-order valence-corrected chi connectivity index (χ2v) is 6.53. The normalized spacial score (nSPS) is 11.1. The van der Waals surface area contributed by atoms with Crippen LogP contribution in [0.1, 0.15) is 11.1 Å². The van der Waals surface area contributed by atoms with Gasteiger partial charge in [-0.1, -0.05) is 18.2 Å². The van der Waals surface area contributed by atoms with E-state index in [2.05, 4.69) is 15.5 Å². The number of rotatable bonds is 5. The summed E-state index contributed by atoms with van der Waals surface area (Å²) < 4.78 is 29.6. The van der Waals surface area contributed by atoms with E-state index in [9.17, 15) is 13.6 Å². The first-order valence-electron chi connectivity index (χ1n) is 8.66. The average molecular weight is 381 g/mol. The average Bonchev–Trinajstić information content (AvgIpc) is 3.25. The number of amides is 1. The highest BCUT2D eigenvalue weighted by molar-refractivity contribution is 5.92. The fourth-order valence-corrected chi connectivity index (χ4v) is 3.01. The Morgan fingerprint density at radius 3 is 2.71 bits per heavy atom. The maximum Gasteiger partial charge on any atom is 0.229 e. The number of fused-ring (bicyclic) bond motifs is 1. The van der Waals surface area contributed by atoms with E-state index < -0.39 is 11.6 Å². The Kier molecular flexibility index (Phi) is 4.60. The molecule has 1 N–H and O–H groups in total. The van der Waals surface area contributed by atoms with Gasteiger partial charge in [-0.2, -0.15) is 10.2 Å². The van der Waals surface area contributed by atoms with Crippen molar-refractivity contribution in [1.82, 2.24) is 19.6 Å². The molecule has 8 heteroatoms. The van der Waals surface area contributed by atoms with Gasteiger partial charge in [0.1, 0.15) is 0 Å². The molecule has 0 spiro atoms. The maximum atomic E-state index is 13.3. The number of anilines is 1. The Hall–Kier alpha value is -3.55. The van der Waals surface area contributed by atoms with Crippen LogP contribution in [0, 0.1) is 11.6 Å².